The SMILES string of the molecule is CCc1ccc(OCC(=O)N[C@H](NC(=S)Nc2cccc3ccccc23)C(Cl)(Cl)Cl)cc1. The van der Waals surface area contributed by atoms with Gasteiger partial charge in [0.2, 0.25) is 3.79 Å². The quantitative estimate of drug-likeness (QED) is 0.220. The van der Waals surface area contributed by atoms with Crippen LogP contribution in [-0.4, -0.2) is 27.6 Å². The molecule has 1 amide bonds. The molecule has 0 bridgehead atoms. The third-order valence-corrected chi connectivity index (χ3v) is 5.52. The second-order valence-electron chi connectivity index (χ2n) is 6.95. The number of amides is 1. The van der Waals surface area contributed by atoms with Crippen LogP contribution in [0.2, 0.25) is 0 Å². The molecule has 0 aliphatic heterocycles. The van der Waals surface area contributed by atoms with Gasteiger partial charge < -0.3 is 20.7 Å². The number of carbonyl (C=O) groups excluding carboxylic acids is 1. The zero-order valence-electron chi connectivity index (χ0n) is 17.2. The van der Waals surface area contributed by atoms with Crippen molar-refractivity contribution in [1.29, 1.82) is 0 Å². The van der Waals surface area contributed by atoms with E-state index in [4.69, 9.17) is 51.8 Å². The van der Waals surface area contributed by atoms with Crippen molar-refractivity contribution < 1.29 is 9.53 Å². The molecular formula is C23H22Cl3N3O2S. The first-order valence-electron chi connectivity index (χ1n) is 9.89. The van der Waals surface area contributed by atoms with Crippen LogP contribution in [0.4, 0.5) is 5.69 Å². The molecule has 0 fully saturated rings. The maximum Gasteiger partial charge on any atom is 0.259 e. The third kappa shape index (κ3) is 6.87. The Morgan fingerprint density at radius 2 is 1.69 bits per heavy atom. The summed E-state index contributed by atoms with van der Waals surface area (Å²) in [5.41, 5.74) is 1.96. The van der Waals surface area contributed by atoms with Gasteiger partial charge in [0.15, 0.2) is 11.7 Å². The number of hydrogen-bond acceptors (Lipinski definition) is 3. The summed E-state index contributed by atoms with van der Waals surface area (Å²) in [6.45, 7) is 1.82. The Hall–Kier alpha value is -2.25. The Bertz CT molecular complexity index is 1080. The average molecular weight is 511 g/mol. The van der Waals surface area contributed by atoms with Gasteiger partial charge in [0, 0.05) is 11.1 Å². The molecule has 9 heteroatoms. The molecule has 0 spiro atoms. The monoisotopic (exact) mass is 509 g/mol. The van der Waals surface area contributed by atoms with Gasteiger partial charge in [-0.25, -0.2) is 0 Å². The topological polar surface area (TPSA) is 62.4 Å². The molecule has 3 N–H and O–H groups in total. The summed E-state index contributed by atoms with van der Waals surface area (Å²) in [5, 5.41) is 10.8. The van der Waals surface area contributed by atoms with Crippen LogP contribution in [0.25, 0.3) is 10.8 Å². The summed E-state index contributed by atoms with van der Waals surface area (Å²) in [4.78, 5) is 12.4. The Morgan fingerprint density at radius 3 is 2.38 bits per heavy atom. The van der Waals surface area contributed by atoms with Crippen molar-refractivity contribution in [1.82, 2.24) is 10.6 Å². The van der Waals surface area contributed by atoms with E-state index in [1.807, 2.05) is 54.6 Å². The van der Waals surface area contributed by atoms with E-state index in [9.17, 15) is 4.79 Å². The van der Waals surface area contributed by atoms with Gasteiger partial charge in [-0.3, -0.25) is 4.79 Å². The van der Waals surface area contributed by atoms with Gasteiger partial charge in [-0.1, -0.05) is 90.3 Å². The molecule has 0 saturated heterocycles. The van der Waals surface area contributed by atoms with Crippen LogP contribution < -0.4 is 20.7 Å². The molecule has 0 unspecified atom stereocenters. The Labute approximate surface area is 207 Å². The Balaban J connectivity index is 1.60. The molecule has 0 aliphatic rings. The number of hydrogen-bond donors (Lipinski definition) is 3. The van der Waals surface area contributed by atoms with Crippen LogP contribution in [-0.2, 0) is 11.2 Å². The number of ether oxygens (including phenoxy) is 1. The van der Waals surface area contributed by atoms with Gasteiger partial charge >= 0.3 is 0 Å². The summed E-state index contributed by atoms with van der Waals surface area (Å²) in [6, 6.07) is 21.1. The molecule has 5 nitrogen and oxygen atoms in total. The smallest absolute Gasteiger partial charge is 0.259 e. The number of nitrogens with one attached hydrogen (secondary N) is 3. The van der Waals surface area contributed by atoms with Gasteiger partial charge in [-0.2, -0.15) is 0 Å². The number of halogens is 3. The number of fused-ring (bicyclic) bond motifs is 1. The molecule has 0 saturated carbocycles. The molecular weight excluding hydrogens is 489 g/mol. The van der Waals surface area contributed by atoms with Crippen LogP contribution in [0, 0.1) is 0 Å². The second-order valence-corrected chi connectivity index (χ2v) is 9.73. The number of benzene rings is 3. The third-order valence-electron chi connectivity index (χ3n) is 4.65. The van der Waals surface area contributed by atoms with E-state index in [2.05, 4.69) is 22.9 Å². The summed E-state index contributed by atoms with van der Waals surface area (Å²) < 4.78 is 3.65. The highest BCUT2D eigenvalue weighted by Gasteiger charge is 2.34. The van der Waals surface area contributed by atoms with Crippen LogP contribution in [0.15, 0.2) is 66.7 Å². The van der Waals surface area contributed by atoms with E-state index in [1.54, 1.807) is 12.1 Å². The van der Waals surface area contributed by atoms with E-state index in [-0.39, 0.29) is 11.7 Å². The maximum atomic E-state index is 12.4. The summed E-state index contributed by atoms with van der Waals surface area (Å²) in [6.07, 6.45) is -0.162. The van der Waals surface area contributed by atoms with Gasteiger partial charge in [-0.05, 0) is 47.8 Å². The van der Waals surface area contributed by atoms with Crippen LogP contribution in [0.5, 0.6) is 5.75 Å². The van der Waals surface area contributed by atoms with Crippen LogP contribution >= 0.6 is 47.0 Å². The first-order chi connectivity index (χ1) is 15.3. The minimum absolute atomic E-state index is 0.189. The lowest BCUT2D eigenvalue weighted by Gasteiger charge is -2.28. The molecule has 1 atom stereocenters. The molecule has 3 aromatic carbocycles. The van der Waals surface area contributed by atoms with Crippen LogP contribution in [0.3, 0.4) is 0 Å². The molecule has 3 aromatic rings. The molecule has 3 rings (SSSR count). The second kappa shape index (κ2) is 11.1. The van der Waals surface area contributed by atoms with E-state index in [0.29, 0.717) is 5.75 Å². The highest BCUT2D eigenvalue weighted by molar-refractivity contribution is 7.80. The predicted molar refractivity (Wildman–Crippen MR) is 137 cm³/mol. The van der Waals surface area contributed by atoms with Crippen molar-refractivity contribution in [3.05, 3.63) is 72.3 Å². The summed E-state index contributed by atoms with van der Waals surface area (Å²) in [7, 11) is 0. The molecule has 0 heterocycles. The minimum Gasteiger partial charge on any atom is -0.484 e. The number of aryl methyl sites for hydroxylation is 1. The fourth-order valence-electron chi connectivity index (χ4n) is 3.00. The predicted octanol–water partition coefficient (Wildman–Crippen LogP) is 5.58. The van der Waals surface area contributed by atoms with Crippen LogP contribution in [0.1, 0.15) is 12.5 Å². The van der Waals surface area contributed by atoms with E-state index in [1.165, 1.54) is 5.56 Å². The zero-order chi connectivity index (χ0) is 23.1. The Morgan fingerprint density at radius 1 is 1.00 bits per heavy atom. The minimum atomic E-state index is -1.86. The van der Waals surface area contributed by atoms with Gasteiger partial charge in [-0.15, -0.1) is 0 Å². The fourth-order valence-corrected chi connectivity index (χ4v) is 3.55. The zero-order valence-corrected chi connectivity index (χ0v) is 20.3. The number of carbonyl (C=O) groups is 1. The average Bonchev–Trinajstić information content (AvgIpc) is 2.77. The Kier molecular flexibility index (Phi) is 8.43. The summed E-state index contributed by atoms with van der Waals surface area (Å²) >= 11 is 23.6. The lowest BCUT2D eigenvalue weighted by molar-refractivity contribution is -0.123. The highest BCUT2D eigenvalue weighted by atomic mass is 35.6. The normalized spacial score (nSPS) is 12.1. The first kappa shape index (κ1) is 24.4. The standard InChI is InChI=1S/C23H22Cl3N3O2S/c1-2-15-10-12-17(13-11-15)31-14-20(30)28-21(23(24,25)26)29-22(32)27-19-9-5-7-16-6-3-4-8-18(16)19/h3-13,21H,2,14H2,1H3,(H,28,30)(H2,27,29,32)/t21-/m1/s1. The maximum absolute atomic E-state index is 12.4. The molecule has 32 heavy (non-hydrogen) atoms. The van der Waals surface area contributed by atoms with E-state index >= 15 is 0 Å². The van der Waals surface area contributed by atoms with Gasteiger partial charge in [0.1, 0.15) is 11.9 Å². The number of alkyl halides is 3. The van der Waals surface area contributed by atoms with Gasteiger partial charge in [0.25, 0.3) is 5.91 Å². The lowest BCUT2D eigenvalue weighted by atomic mass is 10.1. The first-order valence-corrected chi connectivity index (χ1v) is 11.4. The van der Waals surface area contributed by atoms with Crippen molar-refractivity contribution >= 4 is 74.5 Å². The fraction of sp³-hybridized carbons (Fsp3) is 0.217. The number of anilines is 1. The largest absolute Gasteiger partial charge is 0.484 e. The highest BCUT2D eigenvalue weighted by Crippen LogP contribution is 2.29. The van der Waals surface area contributed by atoms with E-state index in [0.717, 1.165) is 22.9 Å². The van der Waals surface area contributed by atoms with Gasteiger partial charge in [0.05, 0.1) is 0 Å². The molecule has 0 aliphatic carbocycles. The van der Waals surface area contributed by atoms with E-state index < -0.39 is 15.9 Å². The van der Waals surface area contributed by atoms with Crippen molar-refractivity contribution in [2.24, 2.45) is 0 Å². The number of thiocarbonyl (C=S) groups is 1. The van der Waals surface area contributed by atoms with Crippen molar-refractivity contribution in [2.75, 3.05) is 11.9 Å². The molecule has 168 valence electrons. The lowest BCUT2D eigenvalue weighted by Crippen LogP contribution is -2.57. The molecule has 0 aromatic heterocycles. The van der Waals surface area contributed by atoms with Crippen molar-refractivity contribution in [2.45, 2.75) is 23.3 Å². The molecule has 0 radical (unpaired) electrons. The van der Waals surface area contributed by atoms with Crippen molar-refractivity contribution in [3.8, 4) is 5.75 Å². The summed E-state index contributed by atoms with van der Waals surface area (Å²) in [5.74, 6) is 0.102. The van der Waals surface area contributed by atoms with Crippen molar-refractivity contribution in [3.63, 3.8) is 0 Å². The number of rotatable bonds is 7.